The molecule has 0 aliphatic heterocycles. The second kappa shape index (κ2) is 8.61. The van der Waals surface area contributed by atoms with E-state index in [9.17, 15) is 19.3 Å². The summed E-state index contributed by atoms with van der Waals surface area (Å²) in [6.45, 7) is 1.57. The van der Waals surface area contributed by atoms with E-state index in [1.807, 2.05) is 0 Å². The lowest BCUT2D eigenvalue weighted by atomic mass is 10.2. The SMILES string of the molecule is C[C@H](OC(=O)CSc1ccccc1F)c1nnc(-c2ccc([N+](=O)[O-])cc2)o1. The molecule has 0 amide bonds. The molecule has 1 heterocycles. The standard InChI is InChI=1S/C18H14FN3O5S/c1-11(26-16(23)10-28-15-5-3-2-4-14(15)19)17-20-21-18(27-17)12-6-8-13(9-7-12)22(24)25/h2-9,11H,10H2,1H3/t11-/m0/s1. The second-order valence-corrected chi connectivity index (χ2v) is 6.62. The van der Waals surface area contributed by atoms with Gasteiger partial charge in [-0.05, 0) is 31.2 Å². The van der Waals surface area contributed by atoms with Crippen LogP contribution in [0.25, 0.3) is 11.5 Å². The van der Waals surface area contributed by atoms with E-state index < -0.39 is 22.8 Å². The van der Waals surface area contributed by atoms with Crippen molar-refractivity contribution in [2.75, 3.05) is 5.75 Å². The number of nitro groups is 1. The van der Waals surface area contributed by atoms with Crippen molar-refractivity contribution in [2.24, 2.45) is 0 Å². The zero-order valence-corrected chi connectivity index (χ0v) is 15.4. The minimum atomic E-state index is -0.798. The van der Waals surface area contributed by atoms with Crippen LogP contribution in [0.1, 0.15) is 18.9 Å². The third-order valence-electron chi connectivity index (χ3n) is 3.60. The lowest BCUT2D eigenvalue weighted by molar-refractivity contribution is -0.384. The number of hydrogen-bond donors (Lipinski definition) is 0. The molecule has 0 unspecified atom stereocenters. The van der Waals surface area contributed by atoms with E-state index in [0.29, 0.717) is 10.5 Å². The summed E-state index contributed by atoms with van der Waals surface area (Å²) in [6.07, 6.45) is -0.798. The van der Waals surface area contributed by atoms with Crippen molar-refractivity contribution in [3.8, 4) is 11.5 Å². The first-order valence-electron chi connectivity index (χ1n) is 8.09. The van der Waals surface area contributed by atoms with E-state index in [0.717, 1.165) is 11.8 Å². The van der Waals surface area contributed by atoms with Crippen LogP contribution in [0.3, 0.4) is 0 Å². The first kappa shape index (κ1) is 19.5. The Balaban J connectivity index is 1.59. The Labute approximate surface area is 162 Å². The topological polar surface area (TPSA) is 108 Å². The number of nitro benzene ring substituents is 1. The van der Waals surface area contributed by atoms with Crippen LogP contribution >= 0.6 is 11.8 Å². The maximum atomic E-state index is 13.6. The van der Waals surface area contributed by atoms with Gasteiger partial charge in [0.25, 0.3) is 11.6 Å². The van der Waals surface area contributed by atoms with Crippen LogP contribution in [0.5, 0.6) is 0 Å². The van der Waals surface area contributed by atoms with Crippen molar-refractivity contribution in [3.05, 3.63) is 70.4 Å². The van der Waals surface area contributed by atoms with Crippen LogP contribution in [0.4, 0.5) is 10.1 Å². The number of carbonyl (C=O) groups is 1. The number of rotatable bonds is 7. The summed E-state index contributed by atoms with van der Waals surface area (Å²) in [5, 5.41) is 18.4. The van der Waals surface area contributed by atoms with Crippen LogP contribution in [0, 0.1) is 15.9 Å². The number of thioether (sulfide) groups is 1. The quantitative estimate of drug-likeness (QED) is 0.250. The molecule has 3 aromatic rings. The van der Waals surface area contributed by atoms with Gasteiger partial charge in [-0.2, -0.15) is 0 Å². The van der Waals surface area contributed by atoms with Crippen molar-refractivity contribution in [3.63, 3.8) is 0 Å². The number of non-ortho nitro benzene ring substituents is 1. The van der Waals surface area contributed by atoms with Gasteiger partial charge in [-0.15, -0.1) is 22.0 Å². The maximum Gasteiger partial charge on any atom is 0.317 e. The highest BCUT2D eigenvalue weighted by Crippen LogP contribution is 2.25. The molecule has 0 N–H and O–H groups in total. The Morgan fingerprint density at radius 2 is 1.96 bits per heavy atom. The Kier molecular flexibility index (Phi) is 5.99. The van der Waals surface area contributed by atoms with Gasteiger partial charge in [-0.1, -0.05) is 12.1 Å². The maximum absolute atomic E-state index is 13.6. The summed E-state index contributed by atoms with van der Waals surface area (Å²) in [5.74, 6) is -0.811. The molecule has 0 spiro atoms. The van der Waals surface area contributed by atoms with E-state index in [-0.39, 0.29) is 23.2 Å². The number of halogens is 1. The van der Waals surface area contributed by atoms with Gasteiger partial charge in [0.15, 0.2) is 6.10 Å². The van der Waals surface area contributed by atoms with E-state index in [1.165, 1.54) is 30.3 Å². The second-order valence-electron chi connectivity index (χ2n) is 5.60. The highest BCUT2D eigenvalue weighted by Gasteiger charge is 2.20. The highest BCUT2D eigenvalue weighted by atomic mass is 32.2. The molecular formula is C18H14FN3O5S. The number of hydrogen-bond acceptors (Lipinski definition) is 8. The zero-order valence-electron chi connectivity index (χ0n) is 14.6. The number of benzene rings is 2. The fourth-order valence-corrected chi connectivity index (χ4v) is 2.94. The first-order chi connectivity index (χ1) is 13.4. The third kappa shape index (κ3) is 4.71. The Bertz CT molecular complexity index is 993. The van der Waals surface area contributed by atoms with Gasteiger partial charge in [0.1, 0.15) is 5.82 Å². The fraction of sp³-hybridized carbons (Fsp3) is 0.167. The number of nitrogens with zero attached hydrogens (tertiary/aromatic N) is 3. The fourth-order valence-electron chi connectivity index (χ4n) is 2.22. The number of carbonyl (C=O) groups excluding carboxylic acids is 1. The van der Waals surface area contributed by atoms with Crippen LogP contribution in [-0.4, -0.2) is 26.8 Å². The normalized spacial score (nSPS) is 11.8. The van der Waals surface area contributed by atoms with Gasteiger partial charge >= 0.3 is 5.97 Å². The molecule has 0 radical (unpaired) electrons. The Morgan fingerprint density at radius 3 is 2.64 bits per heavy atom. The molecule has 1 aromatic heterocycles. The predicted molar refractivity (Wildman–Crippen MR) is 98.0 cm³/mol. The molecular weight excluding hydrogens is 389 g/mol. The molecule has 0 aliphatic carbocycles. The molecule has 0 saturated heterocycles. The third-order valence-corrected chi connectivity index (χ3v) is 4.63. The molecule has 3 rings (SSSR count). The minimum absolute atomic E-state index is 0.0573. The summed E-state index contributed by atoms with van der Waals surface area (Å²) in [4.78, 5) is 22.5. The van der Waals surface area contributed by atoms with Crippen LogP contribution in [0.15, 0.2) is 57.8 Å². The average molecular weight is 403 g/mol. The largest absolute Gasteiger partial charge is 0.452 e. The summed E-state index contributed by atoms with van der Waals surface area (Å²) in [7, 11) is 0. The summed E-state index contributed by atoms with van der Waals surface area (Å²) < 4.78 is 24.3. The minimum Gasteiger partial charge on any atom is -0.452 e. The highest BCUT2D eigenvalue weighted by molar-refractivity contribution is 8.00. The van der Waals surface area contributed by atoms with Gasteiger partial charge in [0, 0.05) is 22.6 Å². The molecule has 0 aliphatic rings. The molecule has 2 aromatic carbocycles. The van der Waals surface area contributed by atoms with Crippen molar-refractivity contribution >= 4 is 23.4 Å². The predicted octanol–water partition coefficient (Wildman–Crippen LogP) is 4.18. The van der Waals surface area contributed by atoms with Gasteiger partial charge in [0.2, 0.25) is 5.89 Å². The molecule has 0 bridgehead atoms. The van der Waals surface area contributed by atoms with E-state index in [1.54, 1.807) is 25.1 Å². The Hall–Kier alpha value is -3.27. The van der Waals surface area contributed by atoms with Crippen LogP contribution in [-0.2, 0) is 9.53 Å². The Morgan fingerprint density at radius 1 is 1.25 bits per heavy atom. The first-order valence-corrected chi connectivity index (χ1v) is 9.07. The molecule has 8 nitrogen and oxygen atoms in total. The van der Waals surface area contributed by atoms with E-state index >= 15 is 0 Å². The van der Waals surface area contributed by atoms with Crippen LogP contribution < -0.4 is 0 Å². The van der Waals surface area contributed by atoms with Gasteiger partial charge < -0.3 is 9.15 Å². The van der Waals surface area contributed by atoms with E-state index in [4.69, 9.17) is 9.15 Å². The smallest absolute Gasteiger partial charge is 0.317 e. The number of ether oxygens (including phenoxy) is 1. The molecule has 0 fully saturated rings. The lowest BCUT2D eigenvalue weighted by Crippen LogP contribution is -2.11. The average Bonchev–Trinajstić information content (AvgIpc) is 3.18. The molecule has 28 heavy (non-hydrogen) atoms. The monoisotopic (exact) mass is 403 g/mol. The number of aromatic nitrogens is 2. The van der Waals surface area contributed by atoms with Gasteiger partial charge in [-0.3, -0.25) is 14.9 Å². The molecule has 10 heteroatoms. The van der Waals surface area contributed by atoms with Gasteiger partial charge in [0.05, 0.1) is 10.7 Å². The molecule has 0 saturated carbocycles. The summed E-state index contributed by atoms with van der Waals surface area (Å²) in [6, 6.07) is 11.7. The van der Waals surface area contributed by atoms with Gasteiger partial charge in [-0.25, -0.2) is 4.39 Å². The zero-order chi connectivity index (χ0) is 20.1. The van der Waals surface area contributed by atoms with Crippen molar-refractivity contribution in [1.82, 2.24) is 10.2 Å². The lowest BCUT2D eigenvalue weighted by Gasteiger charge is -2.09. The van der Waals surface area contributed by atoms with Crippen LogP contribution in [0.2, 0.25) is 0 Å². The van der Waals surface area contributed by atoms with Crippen molar-refractivity contribution in [1.29, 1.82) is 0 Å². The molecule has 1 atom stereocenters. The van der Waals surface area contributed by atoms with E-state index in [2.05, 4.69) is 10.2 Å². The van der Waals surface area contributed by atoms with Crippen molar-refractivity contribution < 1.29 is 23.3 Å². The summed E-state index contributed by atoms with van der Waals surface area (Å²) >= 11 is 1.03. The number of esters is 1. The summed E-state index contributed by atoms with van der Waals surface area (Å²) in [5.41, 5.74) is 0.441. The van der Waals surface area contributed by atoms with Crippen molar-refractivity contribution in [2.45, 2.75) is 17.9 Å². The molecule has 144 valence electrons.